The molecule has 0 unspecified atom stereocenters. The van der Waals surface area contributed by atoms with E-state index in [1.54, 1.807) is 33.3 Å². The Morgan fingerprint density at radius 2 is 1.97 bits per heavy atom. The molecule has 1 atom stereocenters. The van der Waals surface area contributed by atoms with Gasteiger partial charge in [0.15, 0.2) is 11.5 Å². The number of nitrogens with one attached hydrogen (secondary N) is 1. The number of aromatic nitrogens is 1. The summed E-state index contributed by atoms with van der Waals surface area (Å²) in [7, 11) is 1.73. The van der Waals surface area contributed by atoms with E-state index in [4.69, 9.17) is 18.6 Å². The second-order valence-electron chi connectivity index (χ2n) is 6.94. The third-order valence-electron chi connectivity index (χ3n) is 4.21. The Hall–Kier alpha value is -2.39. The fourth-order valence-electron chi connectivity index (χ4n) is 2.67. The largest absolute Gasteiger partial charge is 0.493 e. The van der Waals surface area contributed by atoms with E-state index < -0.39 is 10.8 Å². The summed E-state index contributed by atoms with van der Waals surface area (Å²) in [4.78, 5) is 16.4. The van der Waals surface area contributed by atoms with Crippen LogP contribution in [0.1, 0.15) is 31.7 Å². The Kier molecular flexibility index (Phi) is 9.32. The summed E-state index contributed by atoms with van der Waals surface area (Å²) in [5.41, 5.74) is 1.28. The van der Waals surface area contributed by atoms with E-state index in [-0.39, 0.29) is 23.5 Å². The molecule has 1 heterocycles. The van der Waals surface area contributed by atoms with E-state index in [0.717, 1.165) is 0 Å². The van der Waals surface area contributed by atoms with Gasteiger partial charge in [-0.25, -0.2) is 4.98 Å². The van der Waals surface area contributed by atoms with Gasteiger partial charge in [0.05, 0.1) is 31.8 Å². The zero-order valence-corrected chi connectivity index (χ0v) is 19.0. The second-order valence-corrected chi connectivity index (χ2v) is 8.40. The van der Waals surface area contributed by atoms with Gasteiger partial charge in [-0.05, 0) is 45.4 Å². The highest BCUT2D eigenvalue weighted by molar-refractivity contribution is 7.84. The summed E-state index contributed by atoms with van der Waals surface area (Å²) >= 11 is 0. The molecule has 0 saturated carbocycles. The van der Waals surface area contributed by atoms with Crippen LogP contribution in [0.5, 0.6) is 11.5 Å². The Balaban J connectivity index is 1.91. The van der Waals surface area contributed by atoms with Crippen LogP contribution in [0.25, 0.3) is 11.5 Å². The number of hydrogen-bond acceptors (Lipinski definition) is 7. The van der Waals surface area contributed by atoms with E-state index >= 15 is 0 Å². The van der Waals surface area contributed by atoms with Crippen LogP contribution in [0.4, 0.5) is 0 Å². The summed E-state index contributed by atoms with van der Waals surface area (Å²) in [6.45, 7) is 6.76. The van der Waals surface area contributed by atoms with Crippen molar-refractivity contribution < 1.29 is 27.6 Å². The minimum atomic E-state index is -1.39. The molecule has 166 valence electrons. The van der Waals surface area contributed by atoms with Gasteiger partial charge in [0.2, 0.25) is 11.8 Å². The molecule has 9 heteroatoms. The lowest BCUT2D eigenvalue weighted by molar-refractivity contribution is -0.118. The molecule has 1 amide bonds. The molecule has 1 N–H and O–H groups in total. The molecular formula is C21H30N2O6S. The average molecular weight is 439 g/mol. The first kappa shape index (κ1) is 23.9. The van der Waals surface area contributed by atoms with Crippen molar-refractivity contribution in [2.24, 2.45) is 0 Å². The number of aryl methyl sites for hydroxylation is 1. The molecule has 0 bridgehead atoms. The summed E-state index contributed by atoms with van der Waals surface area (Å²) in [5.74, 6) is 1.95. The quantitative estimate of drug-likeness (QED) is 0.509. The topological polar surface area (TPSA) is 99.9 Å². The number of nitrogens with zero attached hydrogens (tertiary/aromatic N) is 1. The van der Waals surface area contributed by atoms with Gasteiger partial charge in [-0.3, -0.25) is 9.00 Å². The maximum Gasteiger partial charge on any atom is 0.232 e. The molecule has 0 spiro atoms. The Morgan fingerprint density at radius 1 is 1.23 bits per heavy atom. The number of carbonyl (C=O) groups excluding carboxylic acids is 1. The van der Waals surface area contributed by atoms with Crippen molar-refractivity contribution in [3.8, 4) is 23.0 Å². The number of oxazole rings is 1. The predicted octanol–water partition coefficient (Wildman–Crippen LogP) is 2.85. The Labute approximate surface area is 179 Å². The van der Waals surface area contributed by atoms with Gasteiger partial charge in [-0.1, -0.05) is 0 Å². The smallest absolute Gasteiger partial charge is 0.232 e. The maximum atomic E-state index is 12.4. The van der Waals surface area contributed by atoms with Gasteiger partial charge in [0.25, 0.3) is 0 Å². The Bertz CT molecular complexity index is 865. The summed E-state index contributed by atoms with van der Waals surface area (Å²) in [5, 5.41) is 2.76. The summed E-state index contributed by atoms with van der Waals surface area (Å²) in [6.07, 6.45) is 0.885. The SMILES string of the molecule is COc1ccc(-c2nc(C[S@@](=O)CC(=O)NCCCOC(C)C)c(C)o2)cc1OC. The van der Waals surface area contributed by atoms with Gasteiger partial charge in [-0.2, -0.15) is 0 Å². The van der Waals surface area contributed by atoms with E-state index in [0.29, 0.717) is 54.0 Å². The average Bonchev–Trinajstić information content (AvgIpc) is 3.06. The van der Waals surface area contributed by atoms with Crippen LogP contribution in [0.2, 0.25) is 0 Å². The standard InChI is InChI=1S/C21H30N2O6S/c1-14(2)28-10-6-9-22-20(24)13-30(25)12-17-15(3)29-21(23-17)16-7-8-18(26-4)19(11-16)27-5/h7-8,11,14H,6,9-10,12-13H2,1-5H3,(H,22,24)/t30-/m1/s1. The first-order valence-electron chi connectivity index (χ1n) is 9.76. The van der Waals surface area contributed by atoms with Gasteiger partial charge in [0, 0.05) is 29.5 Å². The van der Waals surface area contributed by atoms with Crippen LogP contribution in [0.3, 0.4) is 0 Å². The molecule has 2 rings (SSSR count). The first-order valence-corrected chi connectivity index (χ1v) is 11.2. The molecule has 0 aliphatic rings. The van der Waals surface area contributed by atoms with Crippen molar-refractivity contribution in [1.29, 1.82) is 0 Å². The van der Waals surface area contributed by atoms with Crippen LogP contribution in [-0.2, 0) is 26.1 Å². The number of benzene rings is 1. The molecule has 2 aromatic rings. The monoisotopic (exact) mass is 438 g/mol. The molecule has 0 radical (unpaired) electrons. The van der Waals surface area contributed by atoms with Crippen molar-refractivity contribution in [1.82, 2.24) is 10.3 Å². The lowest BCUT2D eigenvalue weighted by Crippen LogP contribution is -2.30. The van der Waals surface area contributed by atoms with Gasteiger partial charge in [0.1, 0.15) is 11.5 Å². The zero-order chi connectivity index (χ0) is 22.1. The number of carbonyl (C=O) groups is 1. The highest BCUT2D eigenvalue weighted by atomic mass is 32.2. The lowest BCUT2D eigenvalue weighted by Gasteiger charge is -2.08. The van der Waals surface area contributed by atoms with Crippen molar-refractivity contribution in [3.05, 3.63) is 29.7 Å². The third kappa shape index (κ3) is 7.14. The minimum Gasteiger partial charge on any atom is -0.493 e. The number of amides is 1. The first-order chi connectivity index (χ1) is 14.3. The van der Waals surface area contributed by atoms with E-state index in [1.165, 1.54) is 0 Å². The van der Waals surface area contributed by atoms with Gasteiger partial charge >= 0.3 is 0 Å². The van der Waals surface area contributed by atoms with E-state index in [2.05, 4.69) is 10.3 Å². The molecule has 0 aliphatic carbocycles. The van der Waals surface area contributed by atoms with Crippen LogP contribution >= 0.6 is 0 Å². The minimum absolute atomic E-state index is 0.0803. The van der Waals surface area contributed by atoms with Crippen LogP contribution in [0, 0.1) is 6.92 Å². The van der Waals surface area contributed by atoms with Crippen LogP contribution in [-0.4, -0.2) is 54.3 Å². The molecule has 0 aliphatic heterocycles. The normalized spacial score (nSPS) is 12.1. The van der Waals surface area contributed by atoms with Gasteiger partial charge in [-0.15, -0.1) is 0 Å². The fraction of sp³-hybridized carbons (Fsp3) is 0.524. The summed E-state index contributed by atoms with van der Waals surface area (Å²) in [6, 6.07) is 5.34. The van der Waals surface area contributed by atoms with E-state index in [1.807, 2.05) is 19.9 Å². The number of hydrogen-bond donors (Lipinski definition) is 1. The third-order valence-corrected chi connectivity index (χ3v) is 5.39. The molecule has 1 aromatic carbocycles. The number of rotatable bonds is 12. The molecule has 0 fully saturated rings. The van der Waals surface area contributed by atoms with E-state index in [9.17, 15) is 9.00 Å². The molecule has 1 aromatic heterocycles. The van der Waals surface area contributed by atoms with Gasteiger partial charge < -0.3 is 23.9 Å². The maximum absolute atomic E-state index is 12.4. The predicted molar refractivity (Wildman–Crippen MR) is 115 cm³/mol. The van der Waals surface area contributed by atoms with Crippen molar-refractivity contribution in [2.45, 2.75) is 39.0 Å². The highest BCUT2D eigenvalue weighted by Gasteiger charge is 2.17. The molecular weight excluding hydrogens is 408 g/mol. The number of ether oxygens (including phenoxy) is 3. The fourth-order valence-corrected chi connectivity index (χ4v) is 3.74. The summed E-state index contributed by atoms with van der Waals surface area (Å²) < 4.78 is 34.1. The number of methoxy groups -OCH3 is 2. The van der Waals surface area contributed by atoms with Crippen molar-refractivity contribution in [3.63, 3.8) is 0 Å². The van der Waals surface area contributed by atoms with Crippen molar-refractivity contribution in [2.75, 3.05) is 33.1 Å². The van der Waals surface area contributed by atoms with Crippen molar-refractivity contribution >= 4 is 16.7 Å². The highest BCUT2D eigenvalue weighted by Crippen LogP contribution is 2.32. The molecule has 30 heavy (non-hydrogen) atoms. The van der Waals surface area contributed by atoms with Crippen LogP contribution < -0.4 is 14.8 Å². The van der Waals surface area contributed by atoms with Crippen LogP contribution in [0.15, 0.2) is 22.6 Å². The molecule has 0 saturated heterocycles. The Morgan fingerprint density at radius 3 is 2.63 bits per heavy atom. The molecule has 8 nitrogen and oxygen atoms in total. The second kappa shape index (κ2) is 11.7. The zero-order valence-electron chi connectivity index (χ0n) is 18.1. The lowest BCUT2D eigenvalue weighted by atomic mass is 10.2.